The summed E-state index contributed by atoms with van der Waals surface area (Å²) in [5.41, 5.74) is 1.16. The lowest BCUT2D eigenvalue weighted by molar-refractivity contribution is -0.384. The molecule has 0 saturated carbocycles. The number of halogens is 1. The number of carbonyl (C=O) groups is 1. The van der Waals surface area contributed by atoms with E-state index < -0.39 is 10.8 Å². The first-order chi connectivity index (χ1) is 10.0. The topological polar surface area (TPSA) is 97.2 Å². The number of nitrogens with one attached hydrogen (secondary N) is 2. The minimum Gasteiger partial charge on any atom is -0.388 e. The molecule has 8 heteroatoms. The van der Waals surface area contributed by atoms with Gasteiger partial charge in [0.2, 0.25) is 0 Å². The number of aromatic nitrogens is 1. The average Bonchev–Trinajstić information content (AvgIpc) is 2.49. The van der Waals surface area contributed by atoms with E-state index in [0.29, 0.717) is 10.2 Å². The van der Waals surface area contributed by atoms with Crippen molar-refractivity contribution >= 4 is 38.9 Å². The lowest BCUT2D eigenvalue weighted by Crippen LogP contribution is -2.14. The summed E-state index contributed by atoms with van der Waals surface area (Å²) in [5, 5.41) is 16.3. The molecular formula is C13H11BrN4O3. The SMILES string of the molecule is CNc1ccnc(C(=O)Nc2cc([N+](=O)[O-])ccc2Br)c1. The molecule has 1 aromatic heterocycles. The molecule has 2 aromatic rings. The van der Waals surface area contributed by atoms with Crippen molar-refractivity contribution in [1.82, 2.24) is 4.98 Å². The first-order valence-corrected chi connectivity index (χ1v) is 6.69. The number of benzene rings is 1. The average molecular weight is 351 g/mol. The van der Waals surface area contributed by atoms with Crippen molar-refractivity contribution in [3.8, 4) is 0 Å². The first-order valence-electron chi connectivity index (χ1n) is 5.90. The van der Waals surface area contributed by atoms with Crippen molar-refractivity contribution in [2.45, 2.75) is 0 Å². The van der Waals surface area contributed by atoms with Gasteiger partial charge in [0.1, 0.15) is 5.69 Å². The summed E-state index contributed by atoms with van der Waals surface area (Å²) >= 11 is 3.24. The third-order valence-electron chi connectivity index (χ3n) is 2.69. The van der Waals surface area contributed by atoms with Crippen LogP contribution in [0, 0.1) is 10.1 Å². The van der Waals surface area contributed by atoms with Crippen molar-refractivity contribution in [2.24, 2.45) is 0 Å². The van der Waals surface area contributed by atoms with Gasteiger partial charge in [0.15, 0.2) is 0 Å². The van der Waals surface area contributed by atoms with Crippen LogP contribution in [0.25, 0.3) is 0 Å². The second kappa shape index (κ2) is 6.31. The van der Waals surface area contributed by atoms with Crippen LogP contribution in [0.2, 0.25) is 0 Å². The highest BCUT2D eigenvalue weighted by Gasteiger charge is 2.14. The molecule has 0 spiro atoms. The van der Waals surface area contributed by atoms with E-state index in [1.165, 1.54) is 24.4 Å². The maximum absolute atomic E-state index is 12.1. The van der Waals surface area contributed by atoms with Gasteiger partial charge >= 0.3 is 0 Å². The lowest BCUT2D eigenvalue weighted by atomic mass is 10.2. The number of anilines is 2. The second-order valence-electron chi connectivity index (χ2n) is 4.06. The van der Waals surface area contributed by atoms with Gasteiger partial charge in [0, 0.05) is 35.5 Å². The smallest absolute Gasteiger partial charge is 0.274 e. The number of hydrogen-bond donors (Lipinski definition) is 2. The lowest BCUT2D eigenvalue weighted by Gasteiger charge is -2.08. The van der Waals surface area contributed by atoms with Crippen LogP contribution >= 0.6 is 15.9 Å². The van der Waals surface area contributed by atoms with Crippen LogP contribution in [-0.4, -0.2) is 22.9 Å². The largest absolute Gasteiger partial charge is 0.388 e. The van der Waals surface area contributed by atoms with Crippen LogP contribution in [0.1, 0.15) is 10.5 Å². The molecule has 108 valence electrons. The highest BCUT2D eigenvalue weighted by molar-refractivity contribution is 9.10. The maximum atomic E-state index is 12.1. The molecule has 0 fully saturated rings. The van der Waals surface area contributed by atoms with Crippen LogP contribution < -0.4 is 10.6 Å². The van der Waals surface area contributed by atoms with E-state index in [4.69, 9.17) is 0 Å². The molecule has 1 heterocycles. The summed E-state index contributed by atoms with van der Waals surface area (Å²) in [5.74, 6) is -0.451. The van der Waals surface area contributed by atoms with Gasteiger partial charge in [-0.05, 0) is 34.1 Å². The summed E-state index contributed by atoms with van der Waals surface area (Å²) in [6, 6.07) is 7.44. The van der Waals surface area contributed by atoms with E-state index >= 15 is 0 Å². The third-order valence-corrected chi connectivity index (χ3v) is 3.38. The van der Waals surface area contributed by atoms with Crippen molar-refractivity contribution < 1.29 is 9.72 Å². The number of nitro benzene ring substituents is 1. The fourth-order valence-corrected chi connectivity index (χ4v) is 1.96. The predicted molar refractivity (Wildman–Crippen MR) is 82.5 cm³/mol. The first kappa shape index (κ1) is 14.9. The van der Waals surface area contributed by atoms with Gasteiger partial charge in [0.05, 0.1) is 10.6 Å². The molecule has 1 aromatic carbocycles. The fourth-order valence-electron chi connectivity index (χ4n) is 1.62. The van der Waals surface area contributed by atoms with E-state index in [1.807, 2.05) is 0 Å². The quantitative estimate of drug-likeness (QED) is 0.652. The van der Waals surface area contributed by atoms with Gasteiger partial charge in [-0.25, -0.2) is 0 Å². The van der Waals surface area contributed by atoms with Gasteiger partial charge < -0.3 is 10.6 Å². The summed E-state index contributed by atoms with van der Waals surface area (Å²) in [7, 11) is 1.73. The number of carbonyl (C=O) groups excluding carboxylic acids is 1. The molecule has 0 aliphatic rings. The van der Waals surface area contributed by atoms with Crippen molar-refractivity contribution in [2.75, 3.05) is 17.7 Å². The second-order valence-corrected chi connectivity index (χ2v) is 4.91. The van der Waals surface area contributed by atoms with Crippen molar-refractivity contribution in [3.05, 3.63) is 56.8 Å². The Morgan fingerprint density at radius 1 is 1.33 bits per heavy atom. The number of amides is 1. The molecule has 0 unspecified atom stereocenters. The molecule has 21 heavy (non-hydrogen) atoms. The van der Waals surface area contributed by atoms with Crippen molar-refractivity contribution in [1.29, 1.82) is 0 Å². The van der Waals surface area contributed by atoms with Crippen LogP contribution in [-0.2, 0) is 0 Å². The Bertz CT molecular complexity index is 706. The molecule has 0 bridgehead atoms. The normalized spacial score (nSPS) is 10.0. The molecule has 2 rings (SSSR count). The number of hydrogen-bond acceptors (Lipinski definition) is 5. The minimum atomic E-state index is -0.526. The number of nitrogens with zero attached hydrogens (tertiary/aromatic N) is 2. The van der Waals surface area contributed by atoms with Gasteiger partial charge in [0.25, 0.3) is 11.6 Å². The Morgan fingerprint density at radius 3 is 2.76 bits per heavy atom. The third kappa shape index (κ3) is 3.54. The molecule has 1 amide bonds. The highest BCUT2D eigenvalue weighted by atomic mass is 79.9. The van der Waals surface area contributed by atoms with E-state index in [-0.39, 0.29) is 11.4 Å². The molecule has 0 aliphatic carbocycles. The Labute approximate surface area is 128 Å². The van der Waals surface area contributed by atoms with Gasteiger partial charge in [-0.1, -0.05) is 0 Å². The van der Waals surface area contributed by atoms with Gasteiger partial charge in [-0.2, -0.15) is 0 Å². The Kier molecular flexibility index (Phi) is 4.49. The van der Waals surface area contributed by atoms with Crippen LogP contribution in [0.3, 0.4) is 0 Å². The fraction of sp³-hybridized carbons (Fsp3) is 0.0769. The van der Waals surface area contributed by atoms with Gasteiger partial charge in [-0.15, -0.1) is 0 Å². The zero-order valence-electron chi connectivity index (χ0n) is 11.0. The summed E-state index contributed by atoms with van der Waals surface area (Å²) < 4.78 is 0.547. The summed E-state index contributed by atoms with van der Waals surface area (Å²) in [4.78, 5) is 26.3. The molecular weight excluding hydrogens is 340 g/mol. The van der Waals surface area contributed by atoms with Crippen LogP contribution in [0.4, 0.5) is 17.1 Å². The van der Waals surface area contributed by atoms with Crippen molar-refractivity contribution in [3.63, 3.8) is 0 Å². The molecule has 0 aliphatic heterocycles. The monoisotopic (exact) mass is 350 g/mol. The van der Waals surface area contributed by atoms with Crippen LogP contribution in [0.15, 0.2) is 41.0 Å². The molecule has 7 nitrogen and oxygen atoms in total. The van der Waals surface area contributed by atoms with E-state index in [1.54, 1.807) is 19.2 Å². The van der Waals surface area contributed by atoms with Crippen LogP contribution in [0.5, 0.6) is 0 Å². The molecule has 0 saturated heterocycles. The Balaban J connectivity index is 2.26. The molecule has 2 N–H and O–H groups in total. The number of nitro groups is 1. The minimum absolute atomic E-state index is 0.106. The standard InChI is InChI=1S/C13H11BrN4O3/c1-15-8-4-5-16-12(6-8)13(19)17-11-7-9(18(20)21)2-3-10(11)14/h2-7H,1H3,(H,15,16)(H,17,19). The van der Waals surface area contributed by atoms with Gasteiger partial charge in [-0.3, -0.25) is 19.9 Å². The highest BCUT2D eigenvalue weighted by Crippen LogP contribution is 2.27. The number of pyridine rings is 1. The van der Waals surface area contributed by atoms with E-state index in [0.717, 1.165) is 5.69 Å². The maximum Gasteiger partial charge on any atom is 0.274 e. The zero-order valence-corrected chi connectivity index (χ0v) is 12.5. The summed E-state index contributed by atoms with van der Waals surface area (Å²) in [6.07, 6.45) is 1.50. The molecule has 0 radical (unpaired) electrons. The van der Waals surface area contributed by atoms with E-state index in [9.17, 15) is 14.9 Å². The zero-order chi connectivity index (χ0) is 15.4. The number of non-ortho nitro benzene ring substituents is 1. The number of rotatable bonds is 4. The Hall–Kier alpha value is -2.48. The van der Waals surface area contributed by atoms with E-state index in [2.05, 4.69) is 31.5 Å². The predicted octanol–water partition coefficient (Wildman–Crippen LogP) is 3.05. The molecule has 0 atom stereocenters. The summed E-state index contributed by atoms with van der Waals surface area (Å²) in [6.45, 7) is 0. The Morgan fingerprint density at radius 2 is 2.10 bits per heavy atom.